The van der Waals surface area contributed by atoms with Gasteiger partial charge in [0.25, 0.3) is 5.91 Å². The lowest BCUT2D eigenvalue weighted by Crippen LogP contribution is -2.56. The van der Waals surface area contributed by atoms with Crippen LogP contribution in [0.15, 0.2) is 78.9 Å². The predicted molar refractivity (Wildman–Crippen MR) is 176 cm³/mol. The van der Waals surface area contributed by atoms with Gasteiger partial charge >= 0.3 is 0 Å². The number of hydrogen-bond donors (Lipinski definition) is 0. The highest BCUT2D eigenvalue weighted by molar-refractivity contribution is 5.94. The fraction of sp³-hybridized carbons (Fsp3) is 0.459. The van der Waals surface area contributed by atoms with Gasteiger partial charge in [-0.2, -0.15) is 0 Å². The number of ether oxygens (including phenoxy) is 3. The lowest BCUT2D eigenvalue weighted by atomic mass is 9.71. The predicted octanol–water partition coefficient (Wildman–Crippen LogP) is 5.23. The Bertz CT molecular complexity index is 1410. The Hall–Kier alpha value is -3.88. The molecule has 45 heavy (non-hydrogen) atoms. The number of nitrogens with zero attached hydrogens (tertiary/aromatic N) is 3. The van der Waals surface area contributed by atoms with Gasteiger partial charge < -0.3 is 28.9 Å². The highest BCUT2D eigenvalue weighted by Gasteiger charge is 2.45. The first kappa shape index (κ1) is 32.5. The quantitative estimate of drug-likeness (QED) is 0.295. The van der Waals surface area contributed by atoms with E-state index in [2.05, 4.69) is 23.1 Å². The maximum atomic E-state index is 14.2. The molecule has 2 heterocycles. The number of morpholine rings is 1. The molecule has 2 aliphatic rings. The van der Waals surface area contributed by atoms with E-state index in [1.54, 1.807) is 14.2 Å². The van der Waals surface area contributed by atoms with E-state index in [0.29, 0.717) is 43.3 Å². The van der Waals surface area contributed by atoms with Crippen LogP contribution < -0.4 is 9.47 Å². The number of carbonyl (C=O) groups excluding carboxylic acids is 2. The third-order valence-electron chi connectivity index (χ3n) is 9.51. The van der Waals surface area contributed by atoms with Gasteiger partial charge in [-0.3, -0.25) is 9.59 Å². The second-order valence-electron chi connectivity index (χ2n) is 12.4. The normalized spacial score (nSPS) is 19.0. The molecule has 8 nitrogen and oxygen atoms in total. The Kier molecular flexibility index (Phi) is 10.8. The van der Waals surface area contributed by atoms with Crippen molar-refractivity contribution < 1.29 is 23.8 Å². The first-order chi connectivity index (χ1) is 21.8. The van der Waals surface area contributed by atoms with E-state index in [0.717, 1.165) is 50.0 Å². The molecule has 0 aromatic heterocycles. The molecule has 0 N–H and O–H groups in total. The minimum absolute atomic E-state index is 0.00244. The van der Waals surface area contributed by atoms with Crippen LogP contribution in [0.3, 0.4) is 0 Å². The fourth-order valence-electron chi connectivity index (χ4n) is 6.87. The number of likely N-dealkylation sites (N-methyl/N-ethyl adjacent to an activating group) is 1. The third kappa shape index (κ3) is 7.51. The molecule has 2 unspecified atom stereocenters. The Morgan fingerprint density at radius 1 is 0.933 bits per heavy atom. The molecule has 0 radical (unpaired) electrons. The van der Waals surface area contributed by atoms with E-state index in [-0.39, 0.29) is 23.8 Å². The second-order valence-corrected chi connectivity index (χ2v) is 12.4. The monoisotopic (exact) mass is 613 g/mol. The molecular weight excluding hydrogens is 566 g/mol. The standard InChI is InChI=1S/C37H47N3O5/c1-28-26-40(23-24-45-28)36(42)37(32-13-9-6-10-14-32)18-21-39(22-19-37)20-17-31(30-15-16-33(43-3)34(25-30)44-4)27-38(2)35(41)29-11-7-5-8-12-29/h5-16,25,28,31H,17-24,26-27H2,1-4H3. The van der Waals surface area contributed by atoms with E-state index >= 15 is 0 Å². The van der Waals surface area contributed by atoms with Crippen LogP contribution in [0, 0.1) is 0 Å². The zero-order chi connectivity index (χ0) is 31.8. The molecule has 0 spiro atoms. The van der Waals surface area contributed by atoms with Crippen molar-refractivity contribution in [3.05, 3.63) is 95.6 Å². The van der Waals surface area contributed by atoms with Gasteiger partial charge in [0.1, 0.15) is 0 Å². The van der Waals surface area contributed by atoms with E-state index in [1.807, 2.05) is 84.4 Å². The van der Waals surface area contributed by atoms with Crippen LogP contribution >= 0.6 is 0 Å². The van der Waals surface area contributed by atoms with Gasteiger partial charge in [0, 0.05) is 38.2 Å². The Balaban J connectivity index is 1.31. The average molecular weight is 614 g/mol. The summed E-state index contributed by atoms with van der Waals surface area (Å²) in [5.41, 5.74) is 2.37. The van der Waals surface area contributed by atoms with E-state index in [1.165, 1.54) is 0 Å². The van der Waals surface area contributed by atoms with Gasteiger partial charge in [0.2, 0.25) is 5.91 Å². The lowest BCUT2D eigenvalue weighted by Gasteiger charge is -2.45. The summed E-state index contributed by atoms with van der Waals surface area (Å²) in [4.78, 5) is 33.8. The summed E-state index contributed by atoms with van der Waals surface area (Å²) in [6.45, 7) is 7.00. The average Bonchev–Trinajstić information content (AvgIpc) is 3.10. The highest BCUT2D eigenvalue weighted by Crippen LogP contribution is 2.39. The van der Waals surface area contributed by atoms with Crippen LogP contribution in [0.1, 0.15) is 53.6 Å². The highest BCUT2D eigenvalue weighted by atomic mass is 16.5. The smallest absolute Gasteiger partial charge is 0.253 e. The summed E-state index contributed by atoms with van der Waals surface area (Å²) in [6, 6.07) is 25.8. The van der Waals surface area contributed by atoms with Crippen molar-refractivity contribution in [2.45, 2.75) is 43.6 Å². The Labute approximate surface area is 267 Å². The number of hydrogen-bond acceptors (Lipinski definition) is 6. The zero-order valence-corrected chi connectivity index (χ0v) is 27.1. The van der Waals surface area contributed by atoms with Crippen LogP contribution in [0.25, 0.3) is 0 Å². The van der Waals surface area contributed by atoms with Crippen molar-refractivity contribution in [1.29, 1.82) is 0 Å². The van der Waals surface area contributed by atoms with Gasteiger partial charge in [0.05, 0.1) is 32.3 Å². The first-order valence-corrected chi connectivity index (χ1v) is 16.1. The second kappa shape index (κ2) is 14.9. The number of likely N-dealkylation sites (tertiary alicyclic amines) is 1. The van der Waals surface area contributed by atoms with Crippen molar-refractivity contribution in [2.75, 3.05) is 67.1 Å². The van der Waals surface area contributed by atoms with E-state index in [9.17, 15) is 9.59 Å². The minimum Gasteiger partial charge on any atom is -0.493 e. The SMILES string of the molecule is COc1ccc(C(CCN2CCC(C(=O)N3CCOC(C)C3)(c3ccccc3)CC2)CN(C)C(=O)c2ccccc2)cc1OC. The van der Waals surface area contributed by atoms with E-state index in [4.69, 9.17) is 14.2 Å². The number of rotatable bonds is 11. The molecule has 8 heteroatoms. The number of benzene rings is 3. The summed E-state index contributed by atoms with van der Waals surface area (Å²) < 4.78 is 16.9. The molecule has 2 amide bonds. The van der Waals surface area contributed by atoms with Gasteiger partial charge in [-0.15, -0.1) is 0 Å². The van der Waals surface area contributed by atoms with Gasteiger partial charge in [0.15, 0.2) is 11.5 Å². The minimum atomic E-state index is -0.528. The van der Waals surface area contributed by atoms with Crippen LogP contribution in [-0.4, -0.2) is 99.8 Å². The molecule has 0 bridgehead atoms. The number of methoxy groups -OCH3 is 2. The van der Waals surface area contributed by atoms with E-state index < -0.39 is 5.41 Å². The number of piperidine rings is 1. The Morgan fingerprint density at radius 3 is 2.24 bits per heavy atom. The molecule has 0 saturated carbocycles. The molecule has 2 saturated heterocycles. The lowest BCUT2D eigenvalue weighted by molar-refractivity contribution is -0.146. The van der Waals surface area contributed by atoms with Crippen molar-refractivity contribution in [2.24, 2.45) is 0 Å². The van der Waals surface area contributed by atoms with Crippen molar-refractivity contribution in [3.8, 4) is 11.5 Å². The molecule has 3 aromatic carbocycles. The first-order valence-electron chi connectivity index (χ1n) is 16.1. The van der Waals surface area contributed by atoms with Crippen LogP contribution in [0.2, 0.25) is 0 Å². The van der Waals surface area contributed by atoms with Gasteiger partial charge in [-0.1, -0.05) is 54.6 Å². The number of carbonyl (C=O) groups is 2. The molecule has 2 atom stereocenters. The largest absolute Gasteiger partial charge is 0.493 e. The van der Waals surface area contributed by atoms with Crippen LogP contribution in [0.5, 0.6) is 11.5 Å². The molecule has 0 aliphatic carbocycles. The fourth-order valence-corrected chi connectivity index (χ4v) is 6.87. The Morgan fingerprint density at radius 2 is 1.60 bits per heavy atom. The summed E-state index contributed by atoms with van der Waals surface area (Å²) in [6.07, 6.45) is 2.45. The molecular formula is C37H47N3O5. The summed E-state index contributed by atoms with van der Waals surface area (Å²) in [5, 5.41) is 0. The summed E-state index contributed by atoms with van der Waals surface area (Å²) in [7, 11) is 5.15. The molecule has 3 aromatic rings. The maximum Gasteiger partial charge on any atom is 0.253 e. The summed E-state index contributed by atoms with van der Waals surface area (Å²) in [5.74, 6) is 1.68. The van der Waals surface area contributed by atoms with Gasteiger partial charge in [-0.25, -0.2) is 0 Å². The molecule has 2 fully saturated rings. The number of amides is 2. The van der Waals surface area contributed by atoms with Crippen molar-refractivity contribution in [1.82, 2.24) is 14.7 Å². The van der Waals surface area contributed by atoms with Gasteiger partial charge in [-0.05, 0) is 81.2 Å². The molecule has 2 aliphatic heterocycles. The third-order valence-corrected chi connectivity index (χ3v) is 9.51. The van der Waals surface area contributed by atoms with Crippen molar-refractivity contribution in [3.63, 3.8) is 0 Å². The maximum absolute atomic E-state index is 14.2. The van der Waals surface area contributed by atoms with Crippen LogP contribution in [-0.2, 0) is 14.9 Å². The van der Waals surface area contributed by atoms with Crippen molar-refractivity contribution >= 4 is 11.8 Å². The zero-order valence-electron chi connectivity index (χ0n) is 27.1. The van der Waals surface area contributed by atoms with Crippen LogP contribution in [0.4, 0.5) is 0 Å². The topological polar surface area (TPSA) is 71.6 Å². The summed E-state index contributed by atoms with van der Waals surface area (Å²) >= 11 is 0. The molecule has 5 rings (SSSR count). The molecule has 240 valence electrons.